The number of hydrogen-bond donors (Lipinski definition) is 0. The SMILES string of the molecule is CCCc1ccc(C2CC=C(COCC3=CCC(c4ccc(CCC)cc4)CC3)CC2)cc1. The van der Waals surface area contributed by atoms with Gasteiger partial charge in [-0.25, -0.2) is 0 Å². The van der Waals surface area contributed by atoms with Crippen LogP contribution in [0.25, 0.3) is 0 Å². The molecular weight excluding hydrogens is 400 g/mol. The van der Waals surface area contributed by atoms with Gasteiger partial charge >= 0.3 is 0 Å². The molecule has 1 heteroatoms. The molecule has 0 fully saturated rings. The first-order chi connectivity index (χ1) is 16.2. The van der Waals surface area contributed by atoms with Crippen molar-refractivity contribution in [2.45, 2.75) is 89.9 Å². The van der Waals surface area contributed by atoms with E-state index in [9.17, 15) is 0 Å². The molecule has 2 unspecified atom stereocenters. The lowest BCUT2D eigenvalue weighted by Crippen LogP contribution is -2.11. The summed E-state index contributed by atoms with van der Waals surface area (Å²) in [6.45, 7) is 6.11. The van der Waals surface area contributed by atoms with E-state index in [2.05, 4.69) is 74.5 Å². The fourth-order valence-electron chi connectivity index (χ4n) is 5.45. The van der Waals surface area contributed by atoms with Gasteiger partial charge in [0.15, 0.2) is 0 Å². The Hall–Kier alpha value is -2.12. The lowest BCUT2D eigenvalue weighted by molar-refractivity contribution is 0.172. The summed E-state index contributed by atoms with van der Waals surface area (Å²) in [5.74, 6) is 1.36. The van der Waals surface area contributed by atoms with Crippen molar-refractivity contribution in [3.8, 4) is 0 Å². The van der Waals surface area contributed by atoms with Crippen LogP contribution in [0.1, 0.15) is 99.3 Å². The largest absolute Gasteiger partial charge is 0.373 e. The first kappa shape index (κ1) is 24.0. The van der Waals surface area contributed by atoms with Crippen molar-refractivity contribution in [3.63, 3.8) is 0 Å². The van der Waals surface area contributed by atoms with E-state index in [0.29, 0.717) is 11.8 Å². The van der Waals surface area contributed by atoms with Gasteiger partial charge in [0.2, 0.25) is 0 Å². The van der Waals surface area contributed by atoms with Crippen molar-refractivity contribution in [2.24, 2.45) is 0 Å². The normalized spacial score (nSPS) is 20.9. The Bertz CT molecular complexity index is 838. The van der Waals surface area contributed by atoms with Crippen LogP contribution < -0.4 is 0 Å². The van der Waals surface area contributed by atoms with Gasteiger partial charge in [0.1, 0.15) is 0 Å². The van der Waals surface area contributed by atoms with Crippen LogP contribution in [0.4, 0.5) is 0 Å². The summed E-state index contributed by atoms with van der Waals surface area (Å²) in [5, 5.41) is 0. The highest BCUT2D eigenvalue weighted by molar-refractivity contribution is 5.29. The molecule has 0 heterocycles. The number of aryl methyl sites for hydroxylation is 2. The van der Waals surface area contributed by atoms with E-state index in [1.165, 1.54) is 84.8 Å². The summed E-state index contributed by atoms with van der Waals surface area (Å²) in [4.78, 5) is 0. The monoisotopic (exact) mass is 442 g/mol. The minimum Gasteiger partial charge on any atom is -0.373 e. The fourth-order valence-corrected chi connectivity index (χ4v) is 5.45. The third-order valence-corrected chi connectivity index (χ3v) is 7.56. The number of ether oxygens (including phenoxy) is 1. The molecule has 0 aliphatic heterocycles. The highest BCUT2D eigenvalue weighted by Crippen LogP contribution is 2.34. The molecule has 0 spiro atoms. The highest BCUT2D eigenvalue weighted by atomic mass is 16.5. The van der Waals surface area contributed by atoms with Crippen molar-refractivity contribution >= 4 is 0 Å². The molecular formula is C32H42O. The summed E-state index contributed by atoms with van der Waals surface area (Å²) in [7, 11) is 0. The molecule has 1 nitrogen and oxygen atoms in total. The summed E-state index contributed by atoms with van der Waals surface area (Å²) >= 11 is 0. The minimum atomic E-state index is 0.679. The second-order valence-corrected chi connectivity index (χ2v) is 10.1. The maximum Gasteiger partial charge on any atom is 0.0681 e. The van der Waals surface area contributed by atoms with Crippen LogP contribution >= 0.6 is 0 Å². The zero-order valence-electron chi connectivity index (χ0n) is 20.8. The quantitative estimate of drug-likeness (QED) is 0.334. The van der Waals surface area contributed by atoms with E-state index in [4.69, 9.17) is 4.74 Å². The lowest BCUT2D eigenvalue weighted by atomic mass is 9.84. The van der Waals surface area contributed by atoms with Gasteiger partial charge in [0, 0.05) is 0 Å². The topological polar surface area (TPSA) is 9.23 Å². The Morgan fingerprint density at radius 1 is 0.636 bits per heavy atom. The molecule has 0 N–H and O–H groups in total. The Labute approximate surface area is 202 Å². The molecule has 2 atom stereocenters. The predicted octanol–water partition coefficient (Wildman–Crippen LogP) is 8.70. The third kappa shape index (κ3) is 6.93. The van der Waals surface area contributed by atoms with E-state index in [1.807, 2.05) is 0 Å². The van der Waals surface area contributed by atoms with Crippen LogP contribution in [-0.4, -0.2) is 13.2 Å². The standard InChI is InChI=1S/C32H42O/c1-3-5-25-7-15-29(16-8-25)31-19-11-27(12-20-31)23-33-24-28-13-21-32(22-14-28)30-17-9-26(6-4-2)10-18-30/h7-11,13,15-18,31-32H,3-6,12,14,19-24H2,1-2H3. The van der Waals surface area contributed by atoms with Gasteiger partial charge in [0.25, 0.3) is 0 Å². The molecule has 2 aromatic carbocycles. The molecule has 0 amide bonds. The smallest absolute Gasteiger partial charge is 0.0681 e. The summed E-state index contributed by atoms with van der Waals surface area (Å²) < 4.78 is 6.14. The van der Waals surface area contributed by atoms with Crippen LogP contribution in [0.2, 0.25) is 0 Å². The van der Waals surface area contributed by atoms with Crippen LogP contribution in [0.15, 0.2) is 71.8 Å². The molecule has 4 rings (SSSR count). The zero-order valence-corrected chi connectivity index (χ0v) is 20.8. The molecule has 0 saturated carbocycles. The van der Waals surface area contributed by atoms with E-state index >= 15 is 0 Å². The maximum absolute atomic E-state index is 6.14. The van der Waals surface area contributed by atoms with Gasteiger partial charge in [0.05, 0.1) is 13.2 Å². The first-order valence-corrected chi connectivity index (χ1v) is 13.4. The van der Waals surface area contributed by atoms with E-state index in [0.717, 1.165) is 26.1 Å². The second-order valence-electron chi connectivity index (χ2n) is 10.1. The van der Waals surface area contributed by atoms with Crippen LogP contribution in [0.5, 0.6) is 0 Å². The molecule has 0 saturated heterocycles. The van der Waals surface area contributed by atoms with Crippen molar-refractivity contribution in [1.82, 2.24) is 0 Å². The molecule has 0 radical (unpaired) electrons. The predicted molar refractivity (Wildman–Crippen MR) is 141 cm³/mol. The molecule has 2 aliphatic carbocycles. The Morgan fingerprint density at radius 3 is 1.39 bits per heavy atom. The van der Waals surface area contributed by atoms with Crippen molar-refractivity contribution in [1.29, 1.82) is 0 Å². The third-order valence-electron chi connectivity index (χ3n) is 7.56. The van der Waals surface area contributed by atoms with Crippen molar-refractivity contribution in [3.05, 3.63) is 94.1 Å². The highest BCUT2D eigenvalue weighted by Gasteiger charge is 2.18. The van der Waals surface area contributed by atoms with Crippen molar-refractivity contribution in [2.75, 3.05) is 13.2 Å². The van der Waals surface area contributed by atoms with Gasteiger partial charge in [-0.15, -0.1) is 0 Å². The summed E-state index contributed by atoms with van der Waals surface area (Å²) in [6.07, 6.45) is 16.9. The average molecular weight is 443 g/mol. The molecule has 176 valence electrons. The van der Waals surface area contributed by atoms with Gasteiger partial charge in [-0.05, 0) is 96.6 Å². The van der Waals surface area contributed by atoms with Gasteiger partial charge < -0.3 is 4.74 Å². The Morgan fingerprint density at radius 2 is 1.06 bits per heavy atom. The number of benzene rings is 2. The summed E-state index contributed by atoms with van der Waals surface area (Å²) in [5.41, 5.74) is 8.94. The first-order valence-electron chi connectivity index (χ1n) is 13.4. The number of rotatable bonds is 10. The van der Waals surface area contributed by atoms with Gasteiger partial charge in [-0.1, -0.05) is 87.4 Å². The van der Waals surface area contributed by atoms with Crippen LogP contribution in [0, 0.1) is 0 Å². The summed E-state index contributed by atoms with van der Waals surface area (Å²) in [6, 6.07) is 18.7. The molecule has 0 aromatic heterocycles. The molecule has 2 aromatic rings. The molecule has 2 aliphatic rings. The molecule has 33 heavy (non-hydrogen) atoms. The molecule has 0 bridgehead atoms. The van der Waals surface area contributed by atoms with Gasteiger partial charge in [-0.2, -0.15) is 0 Å². The van der Waals surface area contributed by atoms with E-state index in [-0.39, 0.29) is 0 Å². The fraction of sp³-hybridized carbons (Fsp3) is 0.500. The van der Waals surface area contributed by atoms with Gasteiger partial charge in [-0.3, -0.25) is 0 Å². The van der Waals surface area contributed by atoms with Crippen LogP contribution in [-0.2, 0) is 17.6 Å². The minimum absolute atomic E-state index is 0.679. The Kier molecular flexibility index (Phi) is 9.01. The van der Waals surface area contributed by atoms with E-state index in [1.54, 1.807) is 0 Å². The number of hydrogen-bond acceptors (Lipinski definition) is 1. The van der Waals surface area contributed by atoms with Crippen molar-refractivity contribution < 1.29 is 4.74 Å². The van der Waals surface area contributed by atoms with E-state index < -0.39 is 0 Å². The average Bonchev–Trinajstić information content (AvgIpc) is 2.86. The number of allylic oxidation sites excluding steroid dienone is 2. The second kappa shape index (κ2) is 12.4. The lowest BCUT2D eigenvalue weighted by Gasteiger charge is -2.24. The Balaban J connectivity index is 1.18. The zero-order chi connectivity index (χ0) is 22.9. The van der Waals surface area contributed by atoms with Crippen LogP contribution in [0.3, 0.4) is 0 Å². The maximum atomic E-state index is 6.14.